The van der Waals surface area contributed by atoms with E-state index in [-0.39, 0.29) is 23.1 Å². The maximum Gasteiger partial charge on any atom is 0.337 e. The van der Waals surface area contributed by atoms with Crippen LogP contribution in [0.4, 0.5) is 0 Å². The van der Waals surface area contributed by atoms with Gasteiger partial charge in [0, 0.05) is 5.92 Å². The standard InChI is InChI=1S/C27H34O4S/c1-5-6-7-8-21(12-9-20-10-13-22(14-11-20)26(28)31-4)23-15-16-25-24(19-23)27(2,3)17-18-32(25,29)30/h9-16,19,21H,5-8,17-18H2,1-4H3/b12-9+. The van der Waals surface area contributed by atoms with Crippen molar-refractivity contribution in [1.29, 1.82) is 0 Å². The first-order valence-corrected chi connectivity index (χ1v) is 13.1. The Morgan fingerprint density at radius 2 is 1.84 bits per heavy atom. The van der Waals surface area contributed by atoms with Gasteiger partial charge in [-0.3, -0.25) is 0 Å². The fourth-order valence-corrected chi connectivity index (χ4v) is 6.22. The zero-order valence-corrected chi connectivity index (χ0v) is 20.4. The van der Waals surface area contributed by atoms with Gasteiger partial charge in [0.15, 0.2) is 9.84 Å². The van der Waals surface area contributed by atoms with E-state index in [1.807, 2.05) is 24.3 Å². The van der Waals surface area contributed by atoms with Crippen LogP contribution in [0.2, 0.25) is 0 Å². The Morgan fingerprint density at radius 1 is 1.12 bits per heavy atom. The first-order valence-electron chi connectivity index (χ1n) is 11.4. The molecule has 0 aliphatic carbocycles. The number of ether oxygens (including phenoxy) is 1. The van der Waals surface area contributed by atoms with E-state index in [4.69, 9.17) is 4.74 Å². The van der Waals surface area contributed by atoms with Crippen molar-refractivity contribution in [1.82, 2.24) is 0 Å². The van der Waals surface area contributed by atoms with Crippen molar-refractivity contribution in [3.05, 3.63) is 70.8 Å². The third kappa shape index (κ3) is 5.50. The molecule has 1 aliphatic rings. The second-order valence-electron chi connectivity index (χ2n) is 9.28. The third-order valence-electron chi connectivity index (χ3n) is 6.46. The van der Waals surface area contributed by atoms with E-state index in [1.54, 1.807) is 12.1 Å². The van der Waals surface area contributed by atoms with Gasteiger partial charge in [0.2, 0.25) is 0 Å². The van der Waals surface area contributed by atoms with Gasteiger partial charge in [0.1, 0.15) is 0 Å². The summed E-state index contributed by atoms with van der Waals surface area (Å²) >= 11 is 0. The lowest BCUT2D eigenvalue weighted by atomic mass is 9.79. The number of methoxy groups -OCH3 is 1. The summed E-state index contributed by atoms with van der Waals surface area (Å²) in [6.45, 7) is 6.46. The lowest BCUT2D eigenvalue weighted by Gasteiger charge is -2.33. The number of rotatable bonds is 8. The van der Waals surface area contributed by atoms with Crippen molar-refractivity contribution >= 4 is 21.9 Å². The van der Waals surface area contributed by atoms with Crippen LogP contribution in [0.3, 0.4) is 0 Å². The molecule has 0 saturated carbocycles. The number of carbonyl (C=O) groups is 1. The van der Waals surface area contributed by atoms with Crippen LogP contribution in [0.5, 0.6) is 0 Å². The molecular weight excluding hydrogens is 420 g/mol. The van der Waals surface area contributed by atoms with Crippen LogP contribution in [0, 0.1) is 0 Å². The highest BCUT2D eigenvalue weighted by Crippen LogP contribution is 2.40. The molecule has 1 unspecified atom stereocenters. The summed E-state index contributed by atoms with van der Waals surface area (Å²) in [6.07, 6.45) is 9.38. The molecule has 3 rings (SSSR count). The van der Waals surface area contributed by atoms with Crippen LogP contribution in [-0.2, 0) is 20.0 Å². The number of carbonyl (C=O) groups excluding carboxylic acids is 1. The van der Waals surface area contributed by atoms with Gasteiger partial charge in [-0.05, 0) is 53.1 Å². The molecule has 0 amide bonds. The molecule has 0 aromatic heterocycles. The largest absolute Gasteiger partial charge is 0.465 e. The molecule has 1 atom stereocenters. The molecule has 0 spiro atoms. The monoisotopic (exact) mass is 454 g/mol. The Bertz CT molecular complexity index is 1080. The zero-order valence-electron chi connectivity index (χ0n) is 19.6. The zero-order chi connectivity index (χ0) is 23.4. The molecule has 172 valence electrons. The normalized spacial score (nSPS) is 17.6. The van der Waals surface area contributed by atoms with Crippen LogP contribution in [0.15, 0.2) is 53.4 Å². The maximum absolute atomic E-state index is 12.6. The van der Waals surface area contributed by atoms with E-state index in [1.165, 1.54) is 13.5 Å². The molecule has 1 aliphatic heterocycles. The lowest BCUT2D eigenvalue weighted by Crippen LogP contribution is -2.30. The van der Waals surface area contributed by atoms with Crippen LogP contribution in [-0.4, -0.2) is 27.2 Å². The highest BCUT2D eigenvalue weighted by molar-refractivity contribution is 7.91. The van der Waals surface area contributed by atoms with Gasteiger partial charge < -0.3 is 4.74 Å². The number of unbranched alkanes of at least 4 members (excludes halogenated alkanes) is 2. The molecular formula is C27H34O4S. The average Bonchev–Trinajstić information content (AvgIpc) is 2.79. The second-order valence-corrected chi connectivity index (χ2v) is 11.4. The van der Waals surface area contributed by atoms with Crippen molar-refractivity contribution in [3.63, 3.8) is 0 Å². The van der Waals surface area contributed by atoms with E-state index in [0.29, 0.717) is 16.9 Å². The number of fused-ring (bicyclic) bond motifs is 1. The summed E-state index contributed by atoms with van der Waals surface area (Å²) < 4.78 is 30.0. The predicted octanol–water partition coefficient (Wildman–Crippen LogP) is 6.31. The summed E-state index contributed by atoms with van der Waals surface area (Å²) in [5, 5.41) is 0. The summed E-state index contributed by atoms with van der Waals surface area (Å²) in [4.78, 5) is 12.1. The van der Waals surface area contributed by atoms with E-state index < -0.39 is 9.84 Å². The molecule has 2 aromatic rings. The minimum atomic E-state index is -3.20. The number of hydrogen-bond donors (Lipinski definition) is 0. The highest BCUT2D eigenvalue weighted by atomic mass is 32.2. The quantitative estimate of drug-likeness (QED) is 0.347. The molecule has 4 nitrogen and oxygen atoms in total. The van der Waals surface area contributed by atoms with Crippen LogP contribution >= 0.6 is 0 Å². The molecule has 0 N–H and O–H groups in total. The molecule has 32 heavy (non-hydrogen) atoms. The minimum absolute atomic E-state index is 0.155. The highest BCUT2D eigenvalue weighted by Gasteiger charge is 2.35. The Hall–Kier alpha value is -2.40. The van der Waals surface area contributed by atoms with Gasteiger partial charge in [-0.2, -0.15) is 0 Å². The summed E-state index contributed by atoms with van der Waals surface area (Å²) in [6, 6.07) is 13.3. The molecule has 0 fully saturated rings. The topological polar surface area (TPSA) is 60.4 Å². The van der Waals surface area contributed by atoms with Crippen molar-refractivity contribution in [2.75, 3.05) is 12.9 Å². The molecule has 5 heteroatoms. The van der Waals surface area contributed by atoms with Gasteiger partial charge in [-0.25, -0.2) is 13.2 Å². The van der Waals surface area contributed by atoms with Crippen molar-refractivity contribution in [2.24, 2.45) is 0 Å². The summed E-state index contributed by atoms with van der Waals surface area (Å²) in [7, 11) is -1.82. The second kappa shape index (κ2) is 10.0. The number of benzene rings is 2. The first kappa shape index (κ1) is 24.2. The third-order valence-corrected chi connectivity index (χ3v) is 8.23. The molecule has 1 heterocycles. The predicted molar refractivity (Wildman–Crippen MR) is 130 cm³/mol. The van der Waals surface area contributed by atoms with Gasteiger partial charge in [-0.15, -0.1) is 0 Å². The Labute approximate surface area is 192 Å². The van der Waals surface area contributed by atoms with E-state index >= 15 is 0 Å². The minimum Gasteiger partial charge on any atom is -0.465 e. The Kier molecular flexibility index (Phi) is 7.60. The van der Waals surface area contributed by atoms with Gasteiger partial charge in [-0.1, -0.05) is 76.5 Å². The fourth-order valence-electron chi connectivity index (χ4n) is 4.28. The summed E-state index contributed by atoms with van der Waals surface area (Å²) in [5.41, 5.74) is 3.49. The number of hydrogen-bond acceptors (Lipinski definition) is 4. The fraction of sp³-hybridized carbons (Fsp3) is 0.444. The van der Waals surface area contributed by atoms with E-state index in [9.17, 15) is 13.2 Å². The van der Waals surface area contributed by atoms with Crippen LogP contribution in [0.1, 0.15) is 85.8 Å². The summed E-state index contributed by atoms with van der Waals surface area (Å²) in [5.74, 6) is 0.0745. The molecule has 0 bridgehead atoms. The smallest absolute Gasteiger partial charge is 0.337 e. The average molecular weight is 455 g/mol. The number of sulfone groups is 1. The van der Waals surface area contributed by atoms with Gasteiger partial charge in [0.25, 0.3) is 0 Å². The molecule has 0 radical (unpaired) electrons. The number of allylic oxidation sites excluding steroid dienone is 1. The van der Waals surface area contributed by atoms with Gasteiger partial charge >= 0.3 is 5.97 Å². The maximum atomic E-state index is 12.6. The lowest BCUT2D eigenvalue weighted by molar-refractivity contribution is 0.0600. The van der Waals surface area contributed by atoms with Gasteiger partial charge in [0.05, 0.1) is 23.3 Å². The van der Waals surface area contributed by atoms with E-state index in [2.05, 4.69) is 39.0 Å². The number of esters is 1. The van der Waals surface area contributed by atoms with Crippen molar-refractivity contribution in [3.8, 4) is 0 Å². The van der Waals surface area contributed by atoms with Crippen molar-refractivity contribution < 1.29 is 17.9 Å². The Balaban J connectivity index is 1.92. The molecule has 2 aromatic carbocycles. The van der Waals surface area contributed by atoms with E-state index in [0.717, 1.165) is 36.0 Å². The van der Waals surface area contributed by atoms with Crippen LogP contribution in [0.25, 0.3) is 6.08 Å². The van der Waals surface area contributed by atoms with Crippen LogP contribution < -0.4 is 0 Å². The first-order chi connectivity index (χ1) is 15.2. The van der Waals surface area contributed by atoms with Crippen molar-refractivity contribution in [2.45, 2.75) is 69.1 Å². The Morgan fingerprint density at radius 3 is 2.50 bits per heavy atom. The molecule has 0 saturated heterocycles. The SMILES string of the molecule is CCCCCC(/C=C/c1ccc(C(=O)OC)cc1)c1ccc2c(c1)C(C)(C)CCS2(=O)=O.